The standard InChI is InChI=1S/C11H21ClN2O/c1-8(15)13-9-6-10(2,3)14(12)11(4,5)7-9/h9H,6-7H2,1-5H3,(H,13,15). The number of nitrogens with zero attached hydrogens (tertiary/aromatic N) is 1. The molecule has 88 valence electrons. The minimum Gasteiger partial charge on any atom is -0.353 e. The van der Waals surface area contributed by atoms with E-state index in [-0.39, 0.29) is 23.0 Å². The molecule has 1 rings (SSSR count). The quantitative estimate of drug-likeness (QED) is 0.704. The van der Waals surface area contributed by atoms with E-state index in [2.05, 4.69) is 33.0 Å². The van der Waals surface area contributed by atoms with Crippen LogP contribution in [0.4, 0.5) is 0 Å². The first-order valence-electron chi connectivity index (χ1n) is 5.38. The molecule has 1 aliphatic rings. The van der Waals surface area contributed by atoms with Crippen LogP contribution < -0.4 is 5.32 Å². The topological polar surface area (TPSA) is 32.3 Å². The molecule has 1 heterocycles. The lowest BCUT2D eigenvalue weighted by Gasteiger charge is -2.51. The molecule has 1 aliphatic heterocycles. The van der Waals surface area contributed by atoms with Gasteiger partial charge in [-0.05, 0) is 52.3 Å². The van der Waals surface area contributed by atoms with Crippen molar-refractivity contribution < 1.29 is 4.79 Å². The fraction of sp³-hybridized carbons (Fsp3) is 0.909. The highest BCUT2D eigenvalue weighted by atomic mass is 35.5. The SMILES string of the molecule is CC(=O)NC1CC(C)(C)N(Cl)C(C)(C)C1. The molecule has 0 aromatic heterocycles. The van der Waals surface area contributed by atoms with Gasteiger partial charge in [0.05, 0.1) is 0 Å². The molecule has 0 aliphatic carbocycles. The number of nitrogens with one attached hydrogen (secondary N) is 1. The third kappa shape index (κ3) is 2.85. The smallest absolute Gasteiger partial charge is 0.217 e. The summed E-state index contributed by atoms with van der Waals surface area (Å²) >= 11 is 6.32. The zero-order valence-corrected chi connectivity index (χ0v) is 11.0. The molecule has 1 fully saturated rings. The first kappa shape index (κ1) is 12.8. The van der Waals surface area contributed by atoms with Crippen LogP contribution in [0.15, 0.2) is 0 Å². The fourth-order valence-electron chi connectivity index (χ4n) is 2.65. The fourth-order valence-corrected chi connectivity index (χ4v) is 2.79. The van der Waals surface area contributed by atoms with Crippen LogP contribution in [-0.2, 0) is 4.79 Å². The second-order valence-corrected chi connectivity index (χ2v) is 6.05. The van der Waals surface area contributed by atoms with Crippen LogP contribution in [0.25, 0.3) is 0 Å². The van der Waals surface area contributed by atoms with Crippen molar-refractivity contribution in [2.75, 3.05) is 0 Å². The van der Waals surface area contributed by atoms with E-state index in [9.17, 15) is 4.79 Å². The van der Waals surface area contributed by atoms with E-state index in [1.54, 1.807) is 6.92 Å². The van der Waals surface area contributed by atoms with Crippen LogP contribution in [0.1, 0.15) is 47.5 Å². The molecule has 4 heteroatoms. The van der Waals surface area contributed by atoms with Crippen LogP contribution in [0.3, 0.4) is 0 Å². The van der Waals surface area contributed by atoms with Gasteiger partial charge >= 0.3 is 0 Å². The molecule has 1 saturated heterocycles. The van der Waals surface area contributed by atoms with Gasteiger partial charge in [-0.3, -0.25) is 4.79 Å². The highest BCUT2D eigenvalue weighted by Gasteiger charge is 2.44. The Bertz CT molecular complexity index is 245. The van der Waals surface area contributed by atoms with Crippen LogP contribution in [-0.4, -0.2) is 27.4 Å². The van der Waals surface area contributed by atoms with Gasteiger partial charge in [0.1, 0.15) is 0 Å². The maximum Gasteiger partial charge on any atom is 0.217 e. The van der Waals surface area contributed by atoms with Crippen LogP contribution in [0.5, 0.6) is 0 Å². The second-order valence-electron chi connectivity index (χ2n) is 5.71. The minimum absolute atomic E-state index is 0.0367. The van der Waals surface area contributed by atoms with Crippen molar-refractivity contribution in [3.05, 3.63) is 0 Å². The van der Waals surface area contributed by atoms with Gasteiger partial charge in [-0.25, -0.2) is 4.42 Å². The van der Waals surface area contributed by atoms with Crippen LogP contribution in [0, 0.1) is 0 Å². The Morgan fingerprint density at radius 2 is 1.67 bits per heavy atom. The van der Waals surface area contributed by atoms with Gasteiger partial charge in [0.2, 0.25) is 5.91 Å². The van der Waals surface area contributed by atoms with Gasteiger partial charge < -0.3 is 5.32 Å². The number of rotatable bonds is 1. The Hall–Kier alpha value is -0.280. The molecule has 1 amide bonds. The first-order chi connectivity index (χ1) is 6.65. The third-order valence-corrected chi connectivity index (χ3v) is 3.88. The molecule has 3 nitrogen and oxygen atoms in total. The first-order valence-corrected chi connectivity index (χ1v) is 5.72. The van der Waals surface area contributed by atoms with Gasteiger partial charge in [0.15, 0.2) is 0 Å². The van der Waals surface area contributed by atoms with Gasteiger partial charge in [-0.2, -0.15) is 0 Å². The largest absolute Gasteiger partial charge is 0.353 e. The molecule has 0 unspecified atom stereocenters. The molecule has 0 bridgehead atoms. The van der Waals surface area contributed by atoms with E-state index in [1.165, 1.54) is 0 Å². The summed E-state index contributed by atoms with van der Waals surface area (Å²) in [5.74, 6) is 0.0367. The van der Waals surface area contributed by atoms with Gasteiger partial charge in [-0.15, -0.1) is 0 Å². The molecule has 15 heavy (non-hydrogen) atoms. The van der Waals surface area contributed by atoms with Crippen molar-refractivity contribution in [1.82, 2.24) is 9.74 Å². The van der Waals surface area contributed by atoms with Gasteiger partial charge in [-0.1, -0.05) is 0 Å². The number of carbonyl (C=O) groups excluding carboxylic acids is 1. The lowest BCUT2D eigenvalue weighted by atomic mass is 9.79. The Balaban J connectivity index is 2.79. The van der Waals surface area contributed by atoms with Crippen LogP contribution >= 0.6 is 11.8 Å². The monoisotopic (exact) mass is 232 g/mol. The molecule has 0 radical (unpaired) electrons. The summed E-state index contributed by atoms with van der Waals surface area (Å²) in [7, 11) is 0. The Morgan fingerprint density at radius 1 is 1.27 bits per heavy atom. The highest BCUT2D eigenvalue weighted by molar-refractivity contribution is 6.14. The van der Waals surface area contributed by atoms with Gasteiger partial charge in [0.25, 0.3) is 0 Å². The summed E-state index contributed by atoms with van der Waals surface area (Å²) in [5.41, 5.74) is -0.174. The number of piperidine rings is 1. The summed E-state index contributed by atoms with van der Waals surface area (Å²) < 4.78 is 1.89. The average Bonchev–Trinajstić information content (AvgIpc) is 1.97. The molecule has 0 atom stereocenters. The molecular formula is C11H21ClN2O. The predicted molar refractivity (Wildman–Crippen MR) is 62.7 cm³/mol. The predicted octanol–water partition coefficient (Wildman–Crippen LogP) is 2.30. The second kappa shape index (κ2) is 3.95. The number of carbonyl (C=O) groups is 1. The van der Waals surface area contributed by atoms with Crippen molar-refractivity contribution in [3.8, 4) is 0 Å². The summed E-state index contributed by atoms with van der Waals surface area (Å²) in [5, 5.41) is 2.99. The molecule has 0 aromatic carbocycles. The molecule has 0 spiro atoms. The number of amides is 1. The van der Waals surface area contributed by atoms with E-state index < -0.39 is 0 Å². The van der Waals surface area contributed by atoms with E-state index in [0.29, 0.717) is 0 Å². The Labute approximate surface area is 97.3 Å². The number of halogens is 1. The minimum atomic E-state index is -0.0869. The lowest BCUT2D eigenvalue weighted by molar-refractivity contribution is -0.120. The van der Waals surface area contributed by atoms with Gasteiger partial charge in [0, 0.05) is 24.0 Å². The van der Waals surface area contributed by atoms with Crippen molar-refractivity contribution in [1.29, 1.82) is 0 Å². The zero-order valence-electron chi connectivity index (χ0n) is 10.2. The Morgan fingerprint density at radius 3 is 2.00 bits per heavy atom. The summed E-state index contributed by atoms with van der Waals surface area (Å²) in [6.45, 7) is 9.99. The number of hydrogen-bond acceptors (Lipinski definition) is 2. The van der Waals surface area contributed by atoms with E-state index in [0.717, 1.165) is 12.8 Å². The lowest BCUT2D eigenvalue weighted by Crippen LogP contribution is -2.60. The third-order valence-electron chi connectivity index (χ3n) is 2.96. The molecule has 0 aromatic rings. The average molecular weight is 233 g/mol. The summed E-state index contributed by atoms with van der Waals surface area (Å²) in [6.07, 6.45) is 1.78. The van der Waals surface area contributed by atoms with Crippen molar-refractivity contribution >= 4 is 17.7 Å². The summed E-state index contributed by atoms with van der Waals surface area (Å²) in [6, 6.07) is 0.225. The molecule has 1 N–H and O–H groups in total. The van der Waals surface area contributed by atoms with E-state index >= 15 is 0 Å². The van der Waals surface area contributed by atoms with Crippen molar-refractivity contribution in [2.45, 2.75) is 64.6 Å². The molecular weight excluding hydrogens is 212 g/mol. The normalized spacial score (nSPS) is 26.3. The maximum atomic E-state index is 11.1. The highest BCUT2D eigenvalue weighted by Crippen LogP contribution is 2.39. The van der Waals surface area contributed by atoms with E-state index in [1.807, 2.05) is 4.42 Å². The number of hydrogen-bond donors (Lipinski definition) is 1. The molecule has 0 saturated carbocycles. The zero-order chi connectivity index (χ0) is 11.9. The Kier molecular flexibility index (Phi) is 3.36. The van der Waals surface area contributed by atoms with Crippen molar-refractivity contribution in [2.24, 2.45) is 0 Å². The van der Waals surface area contributed by atoms with Crippen molar-refractivity contribution in [3.63, 3.8) is 0 Å². The van der Waals surface area contributed by atoms with E-state index in [4.69, 9.17) is 11.8 Å². The van der Waals surface area contributed by atoms with Crippen LogP contribution in [0.2, 0.25) is 0 Å². The summed E-state index contributed by atoms with van der Waals surface area (Å²) in [4.78, 5) is 11.1. The maximum absolute atomic E-state index is 11.1.